The molecule has 0 unspecified atom stereocenters. The molecular weight excluding hydrogens is 246 g/mol. The number of anilines is 1. The van der Waals surface area contributed by atoms with Crippen LogP contribution in [0.25, 0.3) is 0 Å². The summed E-state index contributed by atoms with van der Waals surface area (Å²) in [7, 11) is 1.49. The number of ether oxygens (including phenoxy) is 1. The van der Waals surface area contributed by atoms with Gasteiger partial charge in [0.2, 0.25) is 5.91 Å². The summed E-state index contributed by atoms with van der Waals surface area (Å²) in [6, 6.07) is 4.42. The van der Waals surface area contributed by atoms with Crippen molar-refractivity contribution in [2.45, 2.75) is 25.7 Å². The highest BCUT2D eigenvalue weighted by Crippen LogP contribution is 2.29. The van der Waals surface area contributed by atoms with Crippen molar-refractivity contribution in [3.63, 3.8) is 0 Å². The Morgan fingerprint density at radius 3 is 2.58 bits per heavy atom. The van der Waals surface area contributed by atoms with Crippen LogP contribution in [0.5, 0.6) is 5.75 Å². The number of amides is 1. The number of methoxy groups -OCH3 is 1. The van der Waals surface area contributed by atoms with Crippen molar-refractivity contribution in [1.29, 1.82) is 0 Å². The van der Waals surface area contributed by atoms with Crippen LogP contribution in [0.1, 0.15) is 36.0 Å². The number of benzene rings is 1. The van der Waals surface area contributed by atoms with Gasteiger partial charge >= 0.3 is 5.97 Å². The second-order valence-electron chi connectivity index (χ2n) is 4.69. The van der Waals surface area contributed by atoms with E-state index in [4.69, 9.17) is 9.84 Å². The predicted molar refractivity (Wildman–Crippen MR) is 70.5 cm³/mol. The maximum Gasteiger partial charge on any atom is 0.335 e. The molecule has 1 aromatic rings. The largest absolute Gasteiger partial charge is 0.495 e. The minimum absolute atomic E-state index is 0.0261. The lowest BCUT2D eigenvalue weighted by atomic mass is 10.1. The van der Waals surface area contributed by atoms with Crippen molar-refractivity contribution in [2.24, 2.45) is 5.92 Å². The van der Waals surface area contributed by atoms with E-state index >= 15 is 0 Å². The van der Waals surface area contributed by atoms with Crippen LogP contribution in [0.15, 0.2) is 18.2 Å². The van der Waals surface area contributed by atoms with Gasteiger partial charge in [0.1, 0.15) is 5.75 Å². The number of carboxylic acid groups (broad SMARTS) is 1. The van der Waals surface area contributed by atoms with Gasteiger partial charge in [-0.3, -0.25) is 4.79 Å². The van der Waals surface area contributed by atoms with Gasteiger partial charge in [0.25, 0.3) is 0 Å². The van der Waals surface area contributed by atoms with Crippen LogP contribution in [-0.4, -0.2) is 24.1 Å². The zero-order chi connectivity index (χ0) is 13.8. The number of carbonyl (C=O) groups is 2. The molecule has 102 valence electrons. The fourth-order valence-electron chi connectivity index (χ4n) is 2.36. The lowest BCUT2D eigenvalue weighted by Crippen LogP contribution is -2.20. The van der Waals surface area contributed by atoms with Crippen LogP contribution in [-0.2, 0) is 4.79 Å². The molecule has 0 saturated heterocycles. The van der Waals surface area contributed by atoms with Crippen LogP contribution in [0.2, 0.25) is 0 Å². The third-order valence-corrected chi connectivity index (χ3v) is 3.43. The van der Waals surface area contributed by atoms with Crippen molar-refractivity contribution in [3.05, 3.63) is 23.8 Å². The molecule has 1 fully saturated rings. The highest BCUT2D eigenvalue weighted by atomic mass is 16.5. The first-order chi connectivity index (χ1) is 9.11. The molecular formula is C14H17NO4. The van der Waals surface area contributed by atoms with Crippen molar-refractivity contribution in [1.82, 2.24) is 0 Å². The molecule has 5 heteroatoms. The van der Waals surface area contributed by atoms with Gasteiger partial charge in [0.05, 0.1) is 18.4 Å². The quantitative estimate of drug-likeness (QED) is 0.875. The summed E-state index contributed by atoms with van der Waals surface area (Å²) in [6.07, 6.45) is 3.94. The minimum atomic E-state index is -1.03. The first-order valence-corrected chi connectivity index (χ1v) is 6.34. The van der Waals surface area contributed by atoms with Gasteiger partial charge in [-0.1, -0.05) is 12.8 Å². The molecule has 0 heterocycles. The minimum Gasteiger partial charge on any atom is -0.495 e. The number of hydrogen-bond donors (Lipinski definition) is 2. The number of aromatic carboxylic acids is 1. The molecule has 1 aliphatic rings. The SMILES string of the molecule is COc1ccc(C(=O)O)cc1NC(=O)C1CCCC1. The number of nitrogens with one attached hydrogen (secondary N) is 1. The number of rotatable bonds is 4. The summed E-state index contributed by atoms with van der Waals surface area (Å²) in [5, 5.41) is 11.7. The fourth-order valence-corrected chi connectivity index (χ4v) is 2.36. The Hall–Kier alpha value is -2.04. The smallest absolute Gasteiger partial charge is 0.335 e. The van der Waals surface area contributed by atoms with Gasteiger partial charge < -0.3 is 15.2 Å². The summed E-state index contributed by atoms with van der Waals surface area (Å²) < 4.78 is 5.14. The molecule has 5 nitrogen and oxygen atoms in total. The van der Waals surface area contributed by atoms with Crippen LogP contribution in [0.3, 0.4) is 0 Å². The number of carbonyl (C=O) groups excluding carboxylic acids is 1. The van der Waals surface area contributed by atoms with E-state index in [9.17, 15) is 9.59 Å². The lowest BCUT2D eigenvalue weighted by Gasteiger charge is -2.13. The second kappa shape index (κ2) is 5.73. The van der Waals surface area contributed by atoms with Crippen molar-refractivity contribution in [2.75, 3.05) is 12.4 Å². The van der Waals surface area contributed by atoms with Gasteiger partial charge in [0, 0.05) is 5.92 Å². The zero-order valence-electron chi connectivity index (χ0n) is 10.8. The molecule has 0 atom stereocenters. The molecule has 0 aromatic heterocycles. The first-order valence-electron chi connectivity index (χ1n) is 6.34. The van der Waals surface area contributed by atoms with Gasteiger partial charge in [0.15, 0.2) is 0 Å². The average molecular weight is 263 g/mol. The molecule has 1 amide bonds. The highest BCUT2D eigenvalue weighted by Gasteiger charge is 2.23. The van der Waals surface area contributed by atoms with E-state index < -0.39 is 5.97 Å². The van der Waals surface area contributed by atoms with Crippen LogP contribution in [0, 0.1) is 5.92 Å². The molecule has 0 bridgehead atoms. The Labute approximate surface area is 111 Å². The second-order valence-corrected chi connectivity index (χ2v) is 4.69. The van der Waals surface area contributed by atoms with E-state index in [1.54, 1.807) is 6.07 Å². The summed E-state index contributed by atoms with van der Waals surface area (Å²) in [5.74, 6) is -0.591. The fraction of sp³-hybridized carbons (Fsp3) is 0.429. The molecule has 1 aromatic carbocycles. The van der Waals surface area contributed by atoms with E-state index in [1.807, 2.05) is 0 Å². The summed E-state index contributed by atoms with van der Waals surface area (Å²) in [6.45, 7) is 0. The third-order valence-electron chi connectivity index (χ3n) is 3.43. The van der Waals surface area contributed by atoms with E-state index in [1.165, 1.54) is 19.2 Å². The monoisotopic (exact) mass is 263 g/mol. The van der Waals surface area contributed by atoms with Crippen molar-refractivity contribution >= 4 is 17.6 Å². The van der Waals surface area contributed by atoms with Crippen LogP contribution in [0.4, 0.5) is 5.69 Å². The van der Waals surface area contributed by atoms with Gasteiger partial charge in [-0.25, -0.2) is 4.79 Å². The molecule has 0 aliphatic heterocycles. The predicted octanol–water partition coefficient (Wildman–Crippen LogP) is 2.52. The Bertz CT molecular complexity index is 492. The Morgan fingerprint density at radius 1 is 1.32 bits per heavy atom. The Kier molecular flexibility index (Phi) is 4.04. The van der Waals surface area contributed by atoms with Gasteiger partial charge in [-0.2, -0.15) is 0 Å². The maximum absolute atomic E-state index is 12.0. The molecule has 2 N–H and O–H groups in total. The molecule has 19 heavy (non-hydrogen) atoms. The summed E-state index contributed by atoms with van der Waals surface area (Å²) >= 11 is 0. The summed E-state index contributed by atoms with van der Waals surface area (Å²) in [5.41, 5.74) is 0.543. The number of carboxylic acids is 1. The Morgan fingerprint density at radius 2 is 2.00 bits per heavy atom. The standard InChI is InChI=1S/C14H17NO4/c1-19-12-7-6-10(14(17)18)8-11(12)15-13(16)9-4-2-3-5-9/h6-9H,2-5H2,1H3,(H,15,16)(H,17,18). The van der Waals surface area contributed by atoms with E-state index in [0.29, 0.717) is 11.4 Å². The Balaban J connectivity index is 2.19. The van der Waals surface area contributed by atoms with Crippen molar-refractivity contribution in [3.8, 4) is 5.75 Å². The van der Waals surface area contributed by atoms with Crippen molar-refractivity contribution < 1.29 is 19.4 Å². The maximum atomic E-state index is 12.0. The van der Waals surface area contributed by atoms with Gasteiger partial charge in [-0.05, 0) is 31.0 Å². The third kappa shape index (κ3) is 3.05. The van der Waals surface area contributed by atoms with E-state index in [2.05, 4.69) is 5.32 Å². The molecule has 1 aliphatic carbocycles. The van der Waals surface area contributed by atoms with Crippen LogP contribution < -0.4 is 10.1 Å². The molecule has 0 spiro atoms. The van der Waals surface area contributed by atoms with E-state index in [-0.39, 0.29) is 17.4 Å². The molecule has 2 rings (SSSR count). The highest BCUT2D eigenvalue weighted by molar-refractivity contribution is 5.96. The topological polar surface area (TPSA) is 75.6 Å². The van der Waals surface area contributed by atoms with Crippen LogP contribution >= 0.6 is 0 Å². The molecule has 0 radical (unpaired) electrons. The normalized spacial score (nSPS) is 15.2. The lowest BCUT2D eigenvalue weighted by molar-refractivity contribution is -0.119. The molecule has 1 saturated carbocycles. The number of hydrogen-bond acceptors (Lipinski definition) is 3. The zero-order valence-corrected chi connectivity index (χ0v) is 10.8. The first kappa shape index (κ1) is 13.4. The average Bonchev–Trinajstić information content (AvgIpc) is 2.92. The van der Waals surface area contributed by atoms with E-state index in [0.717, 1.165) is 25.7 Å². The summed E-state index contributed by atoms with van der Waals surface area (Å²) in [4.78, 5) is 23.0. The van der Waals surface area contributed by atoms with Gasteiger partial charge in [-0.15, -0.1) is 0 Å².